The zero-order chi connectivity index (χ0) is 16.4. The van der Waals surface area contributed by atoms with Gasteiger partial charge in [-0.2, -0.15) is 4.37 Å². The van der Waals surface area contributed by atoms with Crippen molar-refractivity contribution in [3.05, 3.63) is 24.0 Å². The number of carbonyl (C=O) groups excluding carboxylic acids is 1. The van der Waals surface area contributed by atoms with Gasteiger partial charge in [-0.3, -0.25) is 5.32 Å². The Bertz CT molecular complexity index is 652. The van der Waals surface area contributed by atoms with E-state index in [-0.39, 0.29) is 11.4 Å². The number of amides is 2. The molecular formula is C15H22N6OS. The van der Waals surface area contributed by atoms with Crippen molar-refractivity contribution in [1.82, 2.24) is 24.2 Å². The summed E-state index contributed by atoms with van der Waals surface area (Å²) in [7, 11) is 0. The molecule has 0 bridgehead atoms. The van der Waals surface area contributed by atoms with Crippen LogP contribution in [0.3, 0.4) is 0 Å². The predicted molar refractivity (Wildman–Crippen MR) is 89.8 cm³/mol. The molecule has 0 atom stereocenters. The van der Waals surface area contributed by atoms with Gasteiger partial charge >= 0.3 is 6.03 Å². The van der Waals surface area contributed by atoms with Gasteiger partial charge < -0.3 is 9.88 Å². The Morgan fingerprint density at radius 2 is 2.13 bits per heavy atom. The number of nitrogens with one attached hydrogen (secondary N) is 2. The first-order chi connectivity index (χ1) is 10.9. The second-order valence-corrected chi connectivity index (χ2v) is 7.59. The van der Waals surface area contributed by atoms with Crippen molar-refractivity contribution in [2.75, 3.05) is 18.4 Å². The van der Waals surface area contributed by atoms with Crippen LogP contribution in [0.15, 0.2) is 12.4 Å². The zero-order valence-corrected chi connectivity index (χ0v) is 14.5. The minimum atomic E-state index is -0.110. The topological polar surface area (TPSA) is 86.8 Å². The van der Waals surface area contributed by atoms with E-state index in [1.54, 1.807) is 6.20 Å². The normalized spacial score (nSPS) is 16.6. The van der Waals surface area contributed by atoms with E-state index in [9.17, 15) is 4.79 Å². The first-order valence-electron chi connectivity index (χ1n) is 7.83. The average molecular weight is 334 g/mol. The minimum Gasteiger partial charge on any atom is -0.348 e. The highest BCUT2D eigenvalue weighted by Crippen LogP contribution is 2.26. The third kappa shape index (κ3) is 3.69. The Morgan fingerprint density at radius 1 is 1.39 bits per heavy atom. The molecule has 1 saturated heterocycles. The monoisotopic (exact) mass is 334 g/mol. The van der Waals surface area contributed by atoms with Crippen LogP contribution in [0.1, 0.15) is 51.2 Å². The summed E-state index contributed by atoms with van der Waals surface area (Å²) in [6.07, 6.45) is 5.46. The van der Waals surface area contributed by atoms with Gasteiger partial charge in [0.1, 0.15) is 11.6 Å². The molecule has 0 unspecified atom stereocenters. The average Bonchev–Trinajstić information content (AvgIpc) is 3.18. The fraction of sp³-hybridized carbons (Fsp3) is 0.600. The van der Waals surface area contributed by atoms with Crippen molar-refractivity contribution in [2.24, 2.45) is 0 Å². The van der Waals surface area contributed by atoms with Crippen LogP contribution in [0.2, 0.25) is 0 Å². The Kier molecular flexibility index (Phi) is 4.34. The first kappa shape index (κ1) is 15.9. The van der Waals surface area contributed by atoms with Gasteiger partial charge in [0.25, 0.3) is 0 Å². The predicted octanol–water partition coefficient (Wildman–Crippen LogP) is 2.97. The summed E-state index contributed by atoms with van der Waals surface area (Å²) in [5, 5.41) is 3.43. The van der Waals surface area contributed by atoms with Gasteiger partial charge in [-0.05, 0) is 12.8 Å². The van der Waals surface area contributed by atoms with Crippen molar-refractivity contribution in [3.8, 4) is 0 Å². The maximum atomic E-state index is 12.3. The Labute approximate surface area is 139 Å². The molecule has 1 aliphatic heterocycles. The number of likely N-dealkylation sites (tertiary alicyclic amines) is 1. The van der Waals surface area contributed by atoms with Gasteiger partial charge in [-0.1, -0.05) is 20.8 Å². The Hall–Kier alpha value is -1.96. The van der Waals surface area contributed by atoms with E-state index >= 15 is 0 Å². The van der Waals surface area contributed by atoms with Crippen LogP contribution in [0.4, 0.5) is 9.93 Å². The van der Waals surface area contributed by atoms with Gasteiger partial charge in [0, 0.05) is 48.3 Å². The number of anilines is 1. The van der Waals surface area contributed by atoms with Crippen LogP contribution in [-0.4, -0.2) is 43.3 Å². The summed E-state index contributed by atoms with van der Waals surface area (Å²) in [6, 6.07) is -0.0977. The number of imidazole rings is 1. The van der Waals surface area contributed by atoms with E-state index in [1.807, 2.05) is 11.1 Å². The van der Waals surface area contributed by atoms with Crippen molar-refractivity contribution >= 4 is 22.7 Å². The molecule has 124 valence electrons. The second kappa shape index (κ2) is 6.27. The standard InChI is InChI=1S/C15H22N6OS/c1-15(2,3)12-18-13(23-20-12)19-14(22)21-8-4-10(5-9-21)11-16-6-7-17-11/h6-7,10H,4-5,8-9H2,1-3H3,(H,16,17)(H,18,19,20,22). The number of nitrogens with zero attached hydrogens (tertiary/aromatic N) is 4. The van der Waals surface area contributed by atoms with E-state index < -0.39 is 0 Å². The number of aromatic nitrogens is 4. The molecule has 1 aliphatic rings. The number of aromatic amines is 1. The molecule has 0 spiro atoms. The second-order valence-electron chi connectivity index (χ2n) is 6.84. The van der Waals surface area contributed by atoms with E-state index in [0.29, 0.717) is 11.0 Å². The zero-order valence-electron chi connectivity index (χ0n) is 13.7. The lowest BCUT2D eigenvalue weighted by molar-refractivity contribution is 0.193. The number of rotatable bonds is 2. The quantitative estimate of drug-likeness (QED) is 0.884. The van der Waals surface area contributed by atoms with E-state index in [0.717, 1.165) is 37.6 Å². The molecule has 2 N–H and O–H groups in total. The molecule has 2 aromatic heterocycles. The lowest BCUT2D eigenvalue weighted by Gasteiger charge is -2.30. The highest BCUT2D eigenvalue weighted by Gasteiger charge is 2.26. The molecule has 2 aromatic rings. The van der Waals surface area contributed by atoms with E-state index in [1.165, 1.54) is 11.5 Å². The smallest absolute Gasteiger partial charge is 0.323 e. The summed E-state index contributed by atoms with van der Waals surface area (Å²) < 4.78 is 4.32. The third-order valence-electron chi connectivity index (χ3n) is 4.00. The van der Waals surface area contributed by atoms with Crippen LogP contribution in [0.25, 0.3) is 0 Å². The highest BCUT2D eigenvalue weighted by molar-refractivity contribution is 7.09. The molecule has 7 nitrogen and oxygen atoms in total. The third-order valence-corrected chi connectivity index (χ3v) is 4.63. The van der Waals surface area contributed by atoms with Crippen molar-refractivity contribution in [3.63, 3.8) is 0 Å². The Balaban J connectivity index is 1.54. The minimum absolute atomic E-state index is 0.0977. The molecule has 0 radical (unpaired) electrons. The van der Waals surface area contributed by atoms with Crippen LogP contribution >= 0.6 is 11.5 Å². The number of H-pyrrole nitrogens is 1. The van der Waals surface area contributed by atoms with Crippen LogP contribution in [-0.2, 0) is 5.41 Å². The molecule has 3 heterocycles. The fourth-order valence-corrected chi connectivity index (χ4v) is 3.35. The molecule has 0 aromatic carbocycles. The SMILES string of the molecule is CC(C)(C)c1nsc(NC(=O)N2CCC(c3ncc[nH]3)CC2)n1. The number of piperidine rings is 1. The maximum absolute atomic E-state index is 12.3. The van der Waals surface area contributed by atoms with E-state index in [2.05, 4.69) is 45.4 Å². The lowest BCUT2D eigenvalue weighted by Crippen LogP contribution is -2.40. The summed E-state index contributed by atoms with van der Waals surface area (Å²) in [5.74, 6) is 2.18. The van der Waals surface area contributed by atoms with Gasteiger partial charge in [-0.25, -0.2) is 14.8 Å². The molecule has 1 fully saturated rings. The van der Waals surface area contributed by atoms with Gasteiger partial charge in [-0.15, -0.1) is 0 Å². The van der Waals surface area contributed by atoms with Crippen molar-refractivity contribution in [1.29, 1.82) is 0 Å². The molecule has 0 saturated carbocycles. The van der Waals surface area contributed by atoms with Crippen LogP contribution in [0, 0.1) is 0 Å². The number of hydrogen-bond donors (Lipinski definition) is 2. The summed E-state index contributed by atoms with van der Waals surface area (Å²) in [5.41, 5.74) is -0.110. The number of hydrogen-bond acceptors (Lipinski definition) is 5. The summed E-state index contributed by atoms with van der Waals surface area (Å²) >= 11 is 1.23. The van der Waals surface area contributed by atoms with Crippen molar-refractivity contribution < 1.29 is 4.79 Å². The van der Waals surface area contributed by atoms with Gasteiger partial charge in [0.15, 0.2) is 0 Å². The molecule has 8 heteroatoms. The first-order valence-corrected chi connectivity index (χ1v) is 8.60. The van der Waals surface area contributed by atoms with Gasteiger partial charge in [0.05, 0.1) is 0 Å². The number of urea groups is 1. The molecule has 0 aliphatic carbocycles. The summed E-state index contributed by atoms with van der Waals surface area (Å²) in [6.45, 7) is 7.62. The Morgan fingerprint density at radius 3 is 2.70 bits per heavy atom. The molecule has 3 rings (SSSR count). The van der Waals surface area contributed by atoms with Crippen molar-refractivity contribution in [2.45, 2.75) is 44.9 Å². The lowest BCUT2D eigenvalue weighted by atomic mass is 9.96. The highest BCUT2D eigenvalue weighted by atomic mass is 32.1. The summed E-state index contributed by atoms with van der Waals surface area (Å²) in [4.78, 5) is 26.1. The maximum Gasteiger partial charge on any atom is 0.323 e. The molecular weight excluding hydrogens is 312 g/mol. The van der Waals surface area contributed by atoms with Gasteiger partial charge in [0.2, 0.25) is 5.13 Å². The molecule has 23 heavy (non-hydrogen) atoms. The van der Waals surface area contributed by atoms with Crippen LogP contribution in [0.5, 0.6) is 0 Å². The largest absolute Gasteiger partial charge is 0.348 e. The van der Waals surface area contributed by atoms with Crippen LogP contribution < -0.4 is 5.32 Å². The fourth-order valence-electron chi connectivity index (χ4n) is 2.61. The number of carbonyl (C=O) groups is 1. The molecule has 2 amide bonds. The van der Waals surface area contributed by atoms with E-state index in [4.69, 9.17) is 0 Å².